The molecule has 124 valence electrons. The molecule has 0 aromatic heterocycles. The summed E-state index contributed by atoms with van der Waals surface area (Å²) in [6.07, 6.45) is 5.10. The molecule has 1 heterocycles. The molecule has 3 heteroatoms. The van der Waals surface area contributed by atoms with Crippen LogP contribution in [0.2, 0.25) is 0 Å². The molecule has 2 fully saturated rings. The molecule has 1 saturated heterocycles. The first kappa shape index (κ1) is 17.2. The molecule has 0 bridgehead atoms. The van der Waals surface area contributed by atoms with E-state index in [1.165, 1.54) is 38.8 Å². The van der Waals surface area contributed by atoms with Gasteiger partial charge in [0.1, 0.15) is 0 Å². The van der Waals surface area contributed by atoms with Crippen molar-refractivity contribution in [1.29, 1.82) is 0 Å². The number of hydrogen-bond donors (Lipinski definition) is 1. The molecule has 2 N–H and O–H groups in total. The van der Waals surface area contributed by atoms with Crippen LogP contribution in [0.25, 0.3) is 0 Å². The summed E-state index contributed by atoms with van der Waals surface area (Å²) in [5.74, 6) is 1.59. The SMILES string of the molecule is CCC(C)(C)C1CCC(N)C(N2CC(C)C(N(C)C)C2)C1. The first-order valence-corrected chi connectivity index (χ1v) is 8.92. The molecule has 0 aromatic rings. The summed E-state index contributed by atoms with van der Waals surface area (Å²) in [6.45, 7) is 12.0. The molecule has 2 rings (SSSR count). The van der Waals surface area contributed by atoms with Crippen LogP contribution in [0, 0.1) is 17.3 Å². The number of nitrogens with zero attached hydrogens (tertiary/aromatic N) is 2. The van der Waals surface area contributed by atoms with Crippen LogP contribution in [0.3, 0.4) is 0 Å². The number of likely N-dealkylation sites (tertiary alicyclic amines) is 1. The van der Waals surface area contributed by atoms with Gasteiger partial charge >= 0.3 is 0 Å². The van der Waals surface area contributed by atoms with Crippen LogP contribution in [0.15, 0.2) is 0 Å². The Balaban J connectivity index is 2.04. The van der Waals surface area contributed by atoms with Crippen molar-refractivity contribution in [2.75, 3.05) is 27.2 Å². The number of likely N-dealkylation sites (N-methyl/N-ethyl adjacent to an activating group) is 1. The predicted molar refractivity (Wildman–Crippen MR) is 91.4 cm³/mol. The summed E-state index contributed by atoms with van der Waals surface area (Å²) < 4.78 is 0. The van der Waals surface area contributed by atoms with Crippen molar-refractivity contribution in [2.45, 2.75) is 71.5 Å². The maximum atomic E-state index is 6.52. The minimum Gasteiger partial charge on any atom is -0.326 e. The Morgan fingerprint density at radius 3 is 2.38 bits per heavy atom. The largest absolute Gasteiger partial charge is 0.326 e. The smallest absolute Gasteiger partial charge is 0.0254 e. The molecule has 1 aliphatic carbocycles. The van der Waals surface area contributed by atoms with Crippen LogP contribution in [0.5, 0.6) is 0 Å². The quantitative estimate of drug-likeness (QED) is 0.865. The lowest BCUT2D eigenvalue weighted by Gasteiger charge is -2.45. The van der Waals surface area contributed by atoms with E-state index in [1.807, 2.05) is 0 Å². The highest BCUT2D eigenvalue weighted by Gasteiger charge is 2.42. The summed E-state index contributed by atoms with van der Waals surface area (Å²) in [7, 11) is 4.43. The molecule has 2 aliphatic rings. The topological polar surface area (TPSA) is 32.5 Å². The van der Waals surface area contributed by atoms with Crippen molar-refractivity contribution in [1.82, 2.24) is 9.80 Å². The molecular formula is C18H37N3. The van der Waals surface area contributed by atoms with Gasteiger partial charge in [-0.05, 0) is 50.6 Å². The summed E-state index contributed by atoms with van der Waals surface area (Å²) in [5.41, 5.74) is 6.98. The predicted octanol–water partition coefficient (Wildman–Crippen LogP) is 2.80. The van der Waals surface area contributed by atoms with Crippen LogP contribution in [0.4, 0.5) is 0 Å². The van der Waals surface area contributed by atoms with Gasteiger partial charge in [-0.1, -0.05) is 34.1 Å². The van der Waals surface area contributed by atoms with Crippen LogP contribution in [-0.4, -0.2) is 55.1 Å². The highest BCUT2D eigenvalue weighted by atomic mass is 15.3. The van der Waals surface area contributed by atoms with Crippen molar-refractivity contribution in [3.8, 4) is 0 Å². The molecule has 0 radical (unpaired) electrons. The second-order valence-corrected chi connectivity index (χ2v) is 8.55. The fraction of sp³-hybridized carbons (Fsp3) is 1.00. The molecular weight excluding hydrogens is 258 g/mol. The van der Waals surface area contributed by atoms with Gasteiger partial charge in [0.15, 0.2) is 0 Å². The van der Waals surface area contributed by atoms with Crippen LogP contribution >= 0.6 is 0 Å². The molecule has 0 aromatic carbocycles. The van der Waals surface area contributed by atoms with E-state index in [2.05, 4.69) is 51.6 Å². The van der Waals surface area contributed by atoms with E-state index in [1.54, 1.807) is 0 Å². The van der Waals surface area contributed by atoms with E-state index in [0.29, 0.717) is 23.5 Å². The zero-order valence-electron chi connectivity index (χ0n) is 15.1. The van der Waals surface area contributed by atoms with E-state index in [4.69, 9.17) is 5.73 Å². The van der Waals surface area contributed by atoms with E-state index in [-0.39, 0.29) is 0 Å². The van der Waals surface area contributed by atoms with Gasteiger partial charge in [-0.25, -0.2) is 0 Å². The minimum absolute atomic E-state index is 0.377. The van der Waals surface area contributed by atoms with E-state index >= 15 is 0 Å². The van der Waals surface area contributed by atoms with Crippen molar-refractivity contribution >= 4 is 0 Å². The third-order valence-corrected chi connectivity index (χ3v) is 6.62. The number of hydrogen-bond acceptors (Lipinski definition) is 3. The number of rotatable bonds is 4. The first-order chi connectivity index (χ1) is 9.76. The van der Waals surface area contributed by atoms with Gasteiger partial charge in [-0.2, -0.15) is 0 Å². The molecule has 1 saturated carbocycles. The average molecular weight is 296 g/mol. The van der Waals surface area contributed by atoms with Gasteiger partial charge in [0, 0.05) is 31.2 Å². The van der Waals surface area contributed by atoms with Gasteiger partial charge in [0.2, 0.25) is 0 Å². The minimum atomic E-state index is 0.377. The van der Waals surface area contributed by atoms with Crippen molar-refractivity contribution in [3.05, 3.63) is 0 Å². The number of nitrogens with two attached hydrogens (primary N) is 1. The van der Waals surface area contributed by atoms with Crippen LogP contribution in [-0.2, 0) is 0 Å². The van der Waals surface area contributed by atoms with E-state index < -0.39 is 0 Å². The Hall–Kier alpha value is -0.120. The van der Waals surface area contributed by atoms with Crippen LogP contribution < -0.4 is 5.73 Å². The standard InChI is InChI=1S/C18H37N3/c1-7-18(3,4)14-8-9-15(19)16(10-14)21-11-13(2)17(12-21)20(5)6/h13-17H,7-12,19H2,1-6H3. The lowest BCUT2D eigenvalue weighted by atomic mass is 9.67. The summed E-state index contributed by atoms with van der Waals surface area (Å²) in [6, 6.07) is 1.67. The third-order valence-electron chi connectivity index (χ3n) is 6.62. The third kappa shape index (κ3) is 3.62. The summed E-state index contributed by atoms with van der Waals surface area (Å²) in [4.78, 5) is 5.10. The first-order valence-electron chi connectivity index (χ1n) is 8.92. The molecule has 5 atom stereocenters. The van der Waals surface area contributed by atoms with Gasteiger partial charge in [0.05, 0.1) is 0 Å². The molecule has 0 amide bonds. The van der Waals surface area contributed by atoms with Gasteiger partial charge in [0.25, 0.3) is 0 Å². The van der Waals surface area contributed by atoms with Crippen molar-refractivity contribution in [3.63, 3.8) is 0 Å². The lowest BCUT2D eigenvalue weighted by molar-refractivity contribution is 0.0684. The fourth-order valence-corrected chi connectivity index (χ4v) is 4.52. The lowest BCUT2D eigenvalue weighted by Crippen LogP contribution is -2.52. The average Bonchev–Trinajstić information content (AvgIpc) is 2.81. The van der Waals surface area contributed by atoms with Crippen LogP contribution in [0.1, 0.15) is 53.4 Å². The highest BCUT2D eigenvalue weighted by Crippen LogP contribution is 2.42. The maximum absolute atomic E-state index is 6.52. The fourth-order valence-electron chi connectivity index (χ4n) is 4.52. The van der Waals surface area contributed by atoms with Gasteiger partial charge < -0.3 is 10.6 Å². The van der Waals surface area contributed by atoms with Gasteiger partial charge in [-0.3, -0.25) is 4.90 Å². The van der Waals surface area contributed by atoms with Crippen molar-refractivity contribution in [2.24, 2.45) is 23.0 Å². The maximum Gasteiger partial charge on any atom is 0.0254 e. The summed E-state index contributed by atoms with van der Waals surface area (Å²) >= 11 is 0. The second kappa shape index (κ2) is 6.55. The van der Waals surface area contributed by atoms with Crippen molar-refractivity contribution < 1.29 is 0 Å². The summed E-state index contributed by atoms with van der Waals surface area (Å²) in [5, 5.41) is 0. The van der Waals surface area contributed by atoms with E-state index in [9.17, 15) is 0 Å². The Labute approximate surface area is 132 Å². The van der Waals surface area contributed by atoms with E-state index in [0.717, 1.165) is 11.8 Å². The zero-order chi connectivity index (χ0) is 15.8. The Morgan fingerprint density at radius 1 is 1.19 bits per heavy atom. The molecule has 21 heavy (non-hydrogen) atoms. The molecule has 3 nitrogen and oxygen atoms in total. The Bertz CT molecular complexity index is 339. The monoisotopic (exact) mass is 295 g/mol. The Morgan fingerprint density at radius 2 is 1.86 bits per heavy atom. The second-order valence-electron chi connectivity index (χ2n) is 8.55. The molecule has 0 spiro atoms. The normalized spacial score (nSPS) is 39.1. The van der Waals surface area contributed by atoms with Gasteiger partial charge in [-0.15, -0.1) is 0 Å². The highest BCUT2D eigenvalue weighted by molar-refractivity contribution is 4.98. The molecule has 1 aliphatic heterocycles. The molecule has 5 unspecified atom stereocenters. The Kier molecular flexibility index (Phi) is 5.38. The zero-order valence-corrected chi connectivity index (χ0v) is 15.1.